The SMILES string of the molecule is CC\C(=N/C=C(C)/C=C/C(=O)NO)NCCOc1ccc(CN2CCOCC2)cc1. The first kappa shape index (κ1) is 23.6. The molecule has 0 aliphatic carbocycles. The van der Waals surface area contributed by atoms with Crippen molar-refractivity contribution in [3.05, 3.63) is 53.8 Å². The largest absolute Gasteiger partial charge is 0.492 e. The summed E-state index contributed by atoms with van der Waals surface area (Å²) in [6.45, 7) is 9.52. The molecular formula is C22H32N4O4. The van der Waals surface area contributed by atoms with Gasteiger partial charge in [-0.05, 0) is 30.2 Å². The summed E-state index contributed by atoms with van der Waals surface area (Å²) in [6.07, 6.45) is 5.23. The fourth-order valence-corrected chi connectivity index (χ4v) is 2.80. The summed E-state index contributed by atoms with van der Waals surface area (Å²) in [7, 11) is 0. The first-order valence-corrected chi connectivity index (χ1v) is 10.2. The zero-order valence-electron chi connectivity index (χ0n) is 17.8. The number of hydrogen-bond acceptors (Lipinski definition) is 6. The van der Waals surface area contributed by atoms with Crippen molar-refractivity contribution in [1.82, 2.24) is 15.7 Å². The van der Waals surface area contributed by atoms with Crippen LogP contribution in [0.1, 0.15) is 25.8 Å². The van der Waals surface area contributed by atoms with E-state index in [-0.39, 0.29) is 0 Å². The van der Waals surface area contributed by atoms with Crippen molar-refractivity contribution in [3.63, 3.8) is 0 Å². The van der Waals surface area contributed by atoms with Crippen LogP contribution >= 0.6 is 0 Å². The van der Waals surface area contributed by atoms with Gasteiger partial charge in [0.2, 0.25) is 0 Å². The Hall–Kier alpha value is -2.68. The molecule has 0 spiro atoms. The molecule has 1 aliphatic rings. The van der Waals surface area contributed by atoms with Gasteiger partial charge in [-0.25, -0.2) is 10.5 Å². The Balaban J connectivity index is 1.72. The Morgan fingerprint density at radius 1 is 1.27 bits per heavy atom. The van der Waals surface area contributed by atoms with Gasteiger partial charge in [0.25, 0.3) is 5.91 Å². The van der Waals surface area contributed by atoms with Gasteiger partial charge in [-0.3, -0.25) is 14.9 Å². The lowest BCUT2D eigenvalue weighted by atomic mass is 10.2. The molecule has 1 fully saturated rings. The van der Waals surface area contributed by atoms with Gasteiger partial charge in [-0.1, -0.05) is 25.1 Å². The summed E-state index contributed by atoms with van der Waals surface area (Å²) in [5, 5.41) is 11.7. The number of morpholine rings is 1. The molecule has 1 saturated heterocycles. The summed E-state index contributed by atoms with van der Waals surface area (Å²) in [5.74, 6) is 1.10. The maximum Gasteiger partial charge on any atom is 0.267 e. The van der Waals surface area contributed by atoms with Crippen molar-refractivity contribution in [1.29, 1.82) is 0 Å². The van der Waals surface area contributed by atoms with Crippen molar-refractivity contribution < 1.29 is 19.5 Å². The highest BCUT2D eigenvalue weighted by atomic mass is 16.5. The molecule has 0 saturated carbocycles. The average Bonchev–Trinajstić information content (AvgIpc) is 2.78. The minimum atomic E-state index is -0.577. The Morgan fingerprint density at radius 2 is 2.00 bits per heavy atom. The standard InChI is InChI=1S/C22H32N4O4/c1-3-21(24-16-18(2)4-9-22(27)25-28)23-10-13-30-20-7-5-19(6-8-20)17-26-11-14-29-15-12-26/h4-9,16,28H,3,10-15,17H2,1-2H3,(H,23,24)(H,25,27)/b9-4+,18-16+. The fourth-order valence-electron chi connectivity index (χ4n) is 2.80. The number of allylic oxidation sites excluding steroid dienone is 2. The van der Waals surface area contributed by atoms with Crippen LogP contribution in [-0.2, 0) is 16.1 Å². The van der Waals surface area contributed by atoms with Crippen LogP contribution in [0.3, 0.4) is 0 Å². The third-order valence-electron chi connectivity index (χ3n) is 4.50. The molecule has 0 unspecified atom stereocenters. The molecule has 30 heavy (non-hydrogen) atoms. The number of aliphatic imine (C=N–C) groups is 1. The summed E-state index contributed by atoms with van der Waals surface area (Å²) in [6, 6.07) is 8.22. The van der Waals surface area contributed by atoms with E-state index in [0.29, 0.717) is 13.2 Å². The van der Waals surface area contributed by atoms with Crippen LogP contribution in [0.5, 0.6) is 5.75 Å². The molecule has 1 heterocycles. The van der Waals surface area contributed by atoms with E-state index in [2.05, 4.69) is 27.3 Å². The zero-order valence-corrected chi connectivity index (χ0v) is 17.8. The van der Waals surface area contributed by atoms with E-state index < -0.39 is 5.91 Å². The van der Waals surface area contributed by atoms with Crippen LogP contribution in [0, 0.1) is 0 Å². The van der Waals surface area contributed by atoms with E-state index in [9.17, 15) is 4.79 Å². The van der Waals surface area contributed by atoms with Gasteiger partial charge in [-0.15, -0.1) is 0 Å². The predicted molar refractivity (Wildman–Crippen MR) is 117 cm³/mol. The van der Waals surface area contributed by atoms with Crippen molar-refractivity contribution in [2.45, 2.75) is 26.8 Å². The van der Waals surface area contributed by atoms with E-state index in [0.717, 1.165) is 56.4 Å². The molecular weight excluding hydrogens is 384 g/mol. The average molecular weight is 417 g/mol. The Bertz CT molecular complexity index is 738. The topological polar surface area (TPSA) is 95.4 Å². The highest BCUT2D eigenvalue weighted by Crippen LogP contribution is 2.14. The third kappa shape index (κ3) is 9.21. The van der Waals surface area contributed by atoms with Gasteiger partial charge in [0.1, 0.15) is 18.2 Å². The number of carbonyl (C=O) groups excluding carboxylic acids is 1. The number of benzene rings is 1. The van der Waals surface area contributed by atoms with Crippen molar-refractivity contribution in [2.24, 2.45) is 4.99 Å². The Labute approximate surface area is 178 Å². The van der Waals surface area contributed by atoms with Gasteiger partial charge in [0, 0.05) is 38.3 Å². The van der Waals surface area contributed by atoms with Crippen molar-refractivity contribution in [3.8, 4) is 5.75 Å². The lowest BCUT2D eigenvalue weighted by Gasteiger charge is -2.26. The van der Waals surface area contributed by atoms with Crippen molar-refractivity contribution >= 4 is 11.7 Å². The van der Waals surface area contributed by atoms with Crippen LogP contribution in [0.4, 0.5) is 0 Å². The number of hydrogen-bond donors (Lipinski definition) is 3. The number of amidine groups is 1. The number of carbonyl (C=O) groups is 1. The van der Waals surface area contributed by atoms with Crippen LogP contribution < -0.4 is 15.5 Å². The first-order chi connectivity index (χ1) is 14.6. The molecule has 164 valence electrons. The van der Waals surface area contributed by atoms with Crippen LogP contribution in [0.15, 0.2) is 53.2 Å². The molecule has 3 N–H and O–H groups in total. The maximum atomic E-state index is 11.0. The molecule has 2 rings (SSSR count). The van der Waals surface area contributed by atoms with Crippen LogP contribution in [0.2, 0.25) is 0 Å². The van der Waals surface area contributed by atoms with E-state index in [1.807, 2.05) is 26.0 Å². The molecule has 8 nitrogen and oxygen atoms in total. The quantitative estimate of drug-likeness (QED) is 0.103. The van der Waals surface area contributed by atoms with Gasteiger partial charge >= 0.3 is 0 Å². The van der Waals surface area contributed by atoms with Crippen LogP contribution in [-0.4, -0.2) is 61.3 Å². The number of rotatable bonds is 10. The summed E-state index contributed by atoms with van der Waals surface area (Å²) < 4.78 is 11.2. The van der Waals surface area contributed by atoms with Gasteiger partial charge in [-0.2, -0.15) is 0 Å². The normalized spacial score (nSPS) is 16.0. The number of nitrogens with zero attached hydrogens (tertiary/aromatic N) is 2. The second kappa shape index (κ2) is 13.5. The Kier molecular flexibility index (Phi) is 10.6. The van der Waals surface area contributed by atoms with Gasteiger partial charge < -0.3 is 14.8 Å². The van der Waals surface area contributed by atoms with E-state index in [1.165, 1.54) is 11.6 Å². The minimum Gasteiger partial charge on any atom is -0.492 e. The number of ether oxygens (including phenoxy) is 2. The molecule has 1 aromatic carbocycles. The van der Waals surface area contributed by atoms with Crippen LogP contribution in [0.25, 0.3) is 0 Å². The molecule has 0 radical (unpaired) electrons. The first-order valence-electron chi connectivity index (χ1n) is 10.2. The smallest absolute Gasteiger partial charge is 0.267 e. The Morgan fingerprint density at radius 3 is 2.67 bits per heavy atom. The molecule has 0 atom stereocenters. The number of amides is 1. The van der Waals surface area contributed by atoms with E-state index in [1.54, 1.807) is 17.8 Å². The highest BCUT2D eigenvalue weighted by molar-refractivity contribution is 5.87. The fraction of sp³-hybridized carbons (Fsp3) is 0.455. The molecule has 1 aliphatic heterocycles. The predicted octanol–water partition coefficient (Wildman–Crippen LogP) is 2.26. The minimum absolute atomic E-state index is 0.529. The van der Waals surface area contributed by atoms with E-state index >= 15 is 0 Å². The highest BCUT2D eigenvalue weighted by Gasteiger charge is 2.10. The molecule has 1 aromatic rings. The second-order valence-corrected chi connectivity index (χ2v) is 6.92. The maximum absolute atomic E-state index is 11.0. The lowest BCUT2D eigenvalue weighted by molar-refractivity contribution is -0.124. The second-order valence-electron chi connectivity index (χ2n) is 6.92. The summed E-state index contributed by atoms with van der Waals surface area (Å²) in [5.41, 5.74) is 3.61. The van der Waals surface area contributed by atoms with Gasteiger partial charge in [0.05, 0.1) is 19.8 Å². The molecule has 8 heteroatoms. The summed E-state index contributed by atoms with van der Waals surface area (Å²) in [4.78, 5) is 17.7. The molecule has 0 aromatic heterocycles. The third-order valence-corrected chi connectivity index (χ3v) is 4.50. The number of nitrogens with one attached hydrogen (secondary N) is 2. The molecule has 1 amide bonds. The lowest BCUT2D eigenvalue weighted by Crippen LogP contribution is -2.35. The number of hydroxylamine groups is 1. The molecule has 0 bridgehead atoms. The summed E-state index contributed by atoms with van der Waals surface area (Å²) >= 11 is 0. The van der Waals surface area contributed by atoms with E-state index in [4.69, 9.17) is 14.7 Å². The van der Waals surface area contributed by atoms with Crippen molar-refractivity contribution in [2.75, 3.05) is 39.5 Å². The zero-order chi connectivity index (χ0) is 21.6. The van der Waals surface area contributed by atoms with Gasteiger partial charge in [0.15, 0.2) is 0 Å². The monoisotopic (exact) mass is 416 g/mol.